The van der Waals surface area contributed by atoms with Gasteiger partial charge in [0.05, 0.1) is 28.9 Å². The van der Waals surface area contributed by atoms with Crippen LogP contribution in [-0.4, -0.2) is 47.9 Å². The minimum atomic E-state index is -0.548. The van der Waals surface area contributed by atoms with E-state index in [1.807, 2.05) is 0 Å². The molecule has 4 heterocycles. The molecule has 10 nitrogen and oxygen atoms in total. The molecule has 1 saturated heterocycles. The van der Waals surface area contributed by atoms with Crippen molar-refractivity contribution >= 4 is 46.0 Å². The van der Waals surface area contributed by atoms with Gasteiger partial charge in [0.15, 0.2) is 11.5 Å². The van der Waals surface area contributed by atoms with Gasteiger partial charge in [-0.1, -0.05) is 11.6 Å². The van der Waals surface area contributed by atoms with Crippen LogP contribution in [0.1, 0.15) is 12.1 Å². The summed E-state index contributed by atoms with van der Waals surface area (Å²) >= 11 is 5.96. The largest absolute Gasteiger partial charge is 0.312 e. The lowest BCUT2D eigenvalue weighted by Gasteiger charge is -2.17. The first-order valence-corrected chi connectivity index (χ1v) is 12.1. The molecule has 0 saturated carbocycles. The summed E-state index contributed by atoms with van der Waals surface area (Å²) in [5.41, 5.74) is 2.47. The number of halogens is 2. The monoisotopic (exact) mass is 530 g/mol. The quantitative estimate of drug-likeness (QED) is 0.366. The molecule has 0 spiro atoms. The molecule has 0 aliphatic carbocycles. The first-order chi connectivity index (χ1) is 18.4. The number of hydrogen-bond donors (Lipinski definition) is 1. The Hall–Kier alpha value is -4.64. The van der Waals surface area contributed by atoms with Gasteiger partial charge in [-0.25, -0.2) is 19.0 Å². The third-order valence-corrected chi connectivity index (χ3v) is 6.59. The molecule has 1 unspecified atom stereocenters. The van der Waals surface area contributed by atoms with Crippen LogP contribution in [0.2, 0.25) is 5.02 Å². The molecule has 1 aliphatic heterocycles. The van der Waals surface area contributed by atoms with Crippen LogP contribution in [0.25, 0.3) is 22.5 Å². The molecule has 2 amide bonds. The van der Waals surface area contributed by atoms with E-state index >= 15 is 0 Å². The second-order valence-corrected chi connectivity index (χ2v) is 9.36. The smallest absolute Gasteiger partial charge is 0.230 e. The Labute approximate surface area is 220 Å². The zero-order valence-corrected chi connectivity index (χ0v) is 20.8. The lowest BCUT2D eigenvalue weighted by Crippen LogP contribution is -2.28. The van der Waals surface area contributed by atoms with Gasteiger partial charge in [0.1, 0.15) is 18.0 Å². The maximum Gasteiger partial charge on any atom is 0.230 e. The fourth-order valence-electron chi connectivity index (χ4n) is 4.50. The van der Waals surface area contributed by atoms with E-state index in [9.17, 15) is 14.0 Å². The molecule has 1 N–H and O–H groups in total. The molecule has 1 aliphatic rings. The van der Waals surface area contributed by atoms with Crippen molar-refractivity contribution in [3.63, 3.8) is 0 Å². The van der Waals surface area contributed by atoms with Crippen LogP contribution in [0, 0.1) is 18.7 Å². The van der Waals surface area contributed by atoms with Crippen molar-refractivity contribution in [3.8, 4) is 11.5 Å². The molecule has 0 bridgehead atoms. The number of fused-ring (bicyclic) bond motifs is 1. The van der Waals surface area contributed by atoms with Crippen LogP contribution in [-0.2, 0) is 9.59 Å². The zero-order valence-electron chi connectivity index (χ0n) is 20.0. The first kappa shape index (κ1) is 23.7. The molecule has 6 rings (SSSR count). The summed E-state index contributed by atoms with van der Waals surface area (Å²) in [4.78, 5) is 36.2. The van der Waals surface area contributed by atoms with Crippen molar-refractivity contribution in [2.24, 2.45) is 5.92 Å². The van der Waals surface area contributed by atoms with Gasteiger partial charge in [0.2, 0.25) is 11.8 Å². The molecule has 1 atom stereocenters. The summed E-state index contributed by atoms with van der Waals surface area (Å²) < 4.78 is 16.5. The molecule has 0 radical (unpaired) electrons. The number of nitrogens with zero attached hydrogens (tertiary/aromatic N) is 7. The Morgan fingerprint density at radius 3 is 2.55 bits per heavy atom. The highest BCUT2D eigenvalue weighted by Crippen LogP contribution is 2.28. The third kappa shape index (κ3) is 4.26. The van der Waals surface area contributed by atoms with Gasteiger partial charge in [-0.15, -0.1) is 0 Å². The van der Waals surface area contributed by atoms with Crippen LogP contribution < -0.4 is 10.2 Å². The standard InChI is InChI=1S/C26H20ClFN8O2/c1-15-10-22(32-26(38)16-11-23(37)34(13-16)19-6-2-17(27)3-7-19)36(33-15)25-21-12-31-35(24(21)29-14-30-25)20-8-4-18(28)5-9-20/h2-10,12,14,16H,11,13H2,1H3,(H,32,38). The topological polar surface area (TPSA) is 111 Å². The number of hydrogen-bond acceptors (Lipinski definition) is 6. The Morgan fingerprint density at radius 2 is 1.79 bits per heavy atom. The van der Waals surface area contributed by atoms with E-state index in [2.05, 4.69) is 25.5 Å². The number of benzene rings is 2. The number of nitrogens with one attached hydrogen (secondary N) is 1. The highest BCUT2D eigenvalue weighted by molar-refractivity contribution is 6.30. The van der Waals surface area contributed by atoms with Crippen molar-refractivity contribution in [3.05, 3.63) is 83.7 Å². The van der Waals surface area contributed by atoms with Crippen molar-refractivity contribution in [1.29, 1.82) is 0 Å². The molecule has 1 fully saturated rings. The lowest BCUT2D eigenvalue weighted by molar-refractivity contribution is -0.122. The van der Waals surface area contributed by atoms with E-state index in [1.165, 1.54) is 23.1 Å². The number of aromatic nitrogens is 6. The number of anilines is 2. The lowest BCUT2D eigenvalue weighted by atomic mass is 10.1. The van der Waals surface area contributed by atoms with Gasteiger partial charge in [-0.2, -0.15) is 14.9 Å². The number of amides is 2. The maximum absolute atomic E-state index is 13.4. The molecule has 190 valence electrons. The van der Waals surface area contributed by atoms with Crippen LogP contribution in [0.3, 0.4) is 0 Å². The second kappa shape index (κ2) is 9.34. The van der Waals surface area contributed by atoms with E-state index in [-0.39, 0.29) is 30.6 Å². The normalized spacial score (nSPS) is 15.4. The van der Waals surface area contributed by atoms with Gasteiger partial charge < -0.3 is 10.2 Å². The predicted octanol–water partition coefficient (Wildman–Crippen LogP) is 4.09. The summed E-state index contributed by atoms with van der Waals surface area (Å²) in [5.74, 6) is -0.524. The average Bonchev–Trinajstić information content (AvgIpc) is 3.61. The van der Waals surface area contributed by atoms with E-state index < -0.39 is 5.92 Å². The van der Waals surface area contributed by atoms with Gasteiger partial charge >= 0.3 is 0 Å². The van der Waals surface area contributed by atoms with E-state index in [0.29, 0.717) is 44.8 Å². The number of carbonyl (C=O) groups excluding carboxylic acids is 2. The van der Waals surface area contributed by atoms with Crippen molar-refractivity contribution in [2.75, 3.05) is 16.8 Å². The number of carbonyl (C=O) groups is 2. The van der Waals surface area contributed by atoms with E-state index in [4.69, 9.17) is 11.6 Å². The maximum atomic E-state index is 13.4. The fraction of sp³-hybridized carbons (Fsp3) is 0.154. The molecule has 38 heavy (non-hydrogen) atoms. The van der Waals surface area contributed by atoms with E-state index in [0.717, 1.165) is 0 Å². The van der Waals surface area contributed by atoms with Crippen molar-refractivity contribution < 1.29 is 14.0 Å². The Balaban J connectivity index is 1.28. The Morgan fingerprint density at radius 1 is 1.05 bits per heavy atom. The molecule has 3 aromatic heterocycles. The summed E-state index contributed by atoms with van der Waals surface area (Å²) in [6, 6.07) is 14.5. The highest BCUT2D eigenvalue weighted by atomic mass is 35.5. The average molecular weight is 531 g/mol. The van der Waals surface area contributed by atoms with E-state index in [1.54, 1.807) is 65.2 Å². The van der Waals surface area contributed by atoms with Crippen molar-refractivity contribution in [2.45, 2.75) is 13.3 Å². The minimum absolute atomic E-state index is 0.0871. The summed E-state index contributed by atoms with van der Waals surface area (Å²) in [6.45, 7) is 2.05. The highest BCUT2D eigenvalue weighted by Gasteiger charge is 2.35. The SMILES string of the molecule is Cc1cc(NC(=O)C2CC(=O)N(c3ccc(Cl)cc3)C2)n(-c2ncnc3c2cnn3-c2ccc(F)cc2)n1. The summed E-state index contributed by atoms with van der Waals surface area (Å²) in [5, 5.41) is 13.0. The third-order valence-electron chi connectivity index (χ3n) is 6.33. The molecular formula is C26H20ClFN8O2. The van der Waals surface area contributed by atoms with Gasteiger partial charge in [-0.3, -0.25) is 9.59 Å². The molecule has 5 aromatic rings. The van der Waals surface area contributed by atoms with Crippen LogP contribution in [0.4, 0.5) is 15.9 Å². The zero-order chi connectivity index (χ0) is 26.4. The van der Waals surface area contributed by atoms with Gasteiger partial charge in [0.25, 0.3) is 0 Å². The van der Waals surface area contributed by atoms with Crippen molar-refractivity contribution in [1.82, 2.24) is 29.5 Å². The molecule has 2 aromatic carbocycles. The first-order valence-electron chi connectivity index (χ1n) is 11.8. The molecule has 12 heteroatoms. The predicted molar refractivity (Wildman–Crippen MR) is 139 cm³/mol. The number of aryl methyl sites for hydroxylation is 1. The number of rotatable bonds is 5. The van der Waals surface area contributed by atoms with Gasteiger partial charge in [0, 0.05) is 29.7 Å². The van der Waals surface area contributed by atoms with Crippen LogP contribution in [0.15, 0.2) is 67.1 Å². The van der Waals surface area contributed by atoms with Gasteiger partial charge in [-0.05, 0) is 55.5 Å². The Kier molecular flexibility index (Phi) is 5.84. The fourth-order valence-corrected chi connectivity index (χ4v) is 4.63. The van der Waals surface area contributed by atoms with Crippen LogP contribution in [0.5, 0.6) is 0 Å². The summed E-state index contributed by atoms with van der Waals surface area (Å²) in [7, 11) is 0. The summed E-state index contributed by atoms with van der Waals surface area (Å²) in [6.07, 6.45) is 3.06. The minimum Gasteiger partial charge on any atom is -0.312 e. The second-order valence-electron chi connectivity index (χ2n) is 8.92. The Bertz CT molecular complexity index is 1680. The molecular weight excluding hydrogens is 511 g/mol. The van der Waals surface area contributed by atoms with Crippen LogP contribution >= 0.6 is 11.6 Å².